The Labute approximate surface area is 101 Å². The number of amidine groups is 1. The number of nitrogens with one attached hydrogen (secondary N) is 1. The van der Waals surface area contributed by atoms with Crippen LogP contribution < -0.4 is 5.73 Å². The van der Waals surface area contributed by atoms with E-state index in [4.69, 9.17) is 11.1 Å². The zero-order valence-corrected chi connectivity index (χ0v) is 11.6. The third kappa shape index (κ3) is 6.83. The maximum absolute atomic E-state index is 7.44. The summed E-state index contributed by atoms with van der Waals surface area (Å²) >= 11 is 0. The van der Waals surface area contributed by atoms with Gasteiger partial charge in [0.1, 0.15) is 0 Å². The Hall–Kier alpha value is -0.570. The number of nitrogens with zero attached hydrogens (tertiary/aromatic N) is 1. The van der Waals surface area contributed by atoms with Crippen molar-refractivity contribution >= 4 is 5.84 Å². The molecule has 0 spiro atoms. The van der Waals surface area contributed by atoms with Crippen LogP contribution in [-0.4, -0.2) is 29.9 Å². The van der Waals surface area contributed by atoms with Crippen molar-refractivity contribution in [2.45, 2.75) is 53.5 Å². The first-order chi connectivity index (χ1) is 7.36. The van der Waals surface area contributed by atoms with Gasteiger partial charge < -0.3 is 5.73 Å². The first-order valence-corrected chi connectivity index (χ1v) is 6.43. The molecule has 16 heavy (non-hydrogen) atoms. The van der Waals surface area contributed by atoms with Gasteiger partial charge in [-0.15, -0.1) is 0 Å². The van der Waals surface area contributed by atoms with Crippen molar-refractivity contribution in [1.29, 1.82) is 5.41 Å². The van der Waals surface area contributed by atoms with Crippen LogP contribution in [0.5, 0.6) is 0 Å². The van der Waals surface area contributed by atoms with Crippen LogP contribution >= 0.6 is 0 Å². The van der Waals surface area contributed by atoms with Crippen molar-refractivity contribution in [3.05, 3.63) is 0 Å². The van der Waals surface area contributed by atoms with E-state index >= 15 is 0 Å². The SMILES string of the molecule is CCC(CC(=N)N)N(CC(C)C)CC(C)C. The Balaban J connectivity index is 4.47. The first-order valence-electron chi connectivity index (χ1n) is 6.43. The van der Waals surface area contributed by atoms with Crippen molar-refractivity contribution in [3.63, 3.8) is 0 Å². The highest BCUT2D eigenvalue weighted by atomic mass is 15.2. The summed E-state index contributed by atoms with van der Waals surface area (Å²) < 4.78 is 0. The average molecular weight is 227 g/mol. The van der Waals surface area contributed by atoms with E-state index in [-0.39, 0.29) is 0 Å². The second-order valence-electron chi connectivity index (χ2n) is 5.53. The molecule has 0 aromatic rings. The molecule has 0 amide bonds. The van der Waals surface area contributed by atoms with Crippen molar-refractivity contribution < 1.29 is 0 Å². The average Bonchev–Trinajstić information content (AvgIpc) is 2.11. The summed E-state index contributed by atoms with van der Waals surface area (Å²) in [6.07, 6.45) is 1.77. The molecule has 96 valence electrons. The maximum Gasteiger partial charge on any atom is 0.0921 e. The Bertz CT molecular complexity index is 189. The molecule has 0 aliphatic rings. The topological polar surface area (TPSA) is 53.1 Å². The molecule has 0 bridgehead atoms. The third-order valence-electron chi connectivity index (χ3n) is 2.64. The molecule has 3 nitrogen and oxygen atoms in total. The molecule has 1 atom stereocenters. The second-order valence-corrected chi connectivity index (χ2v) is 5.53. The summed E-state index contributed by atoms with van der Waals surface area (Å²) in [5.74, 6) is 1.64. The zero-order chi connectivity index (χ0) is 12.7. The van der Waals surface area contributed by atoms with Crippen LogP contribution in [0.4, 0.5) is 0 Å². The first kappa shape index (κ1) is 15.4. The number of hydrogen-bond acceptors (Lipinski definition) is 2. The molecule has 0 aliphatic heterocycles. The fourth-order valence-electron chi connectivity index (χ4n) is 2.10. The molecule has 0 rings (SSSR count). The largest absolute Gasteiger partial charge is 0.388 e. The van der Waals surface area contributed by atoms with Crippen LogP contribution in [0.15, 0.2) is 0 Å². The number of hydrogen-bond donors (Lipinski definition) is 2. The number of rotatable bonds is 8. The van der Waals surface area contributed by atoms with Gasteiger partial charge in [-0.1, -0.05) is 34.6 Å². The Morgan fingerprint density at radius 2 is 1.56 bits per heavy atom. The number of nitrogens with two attached hydrogens (primary N) is 1. The zero-order valence-electron chi connectivity index (χ0n) is 11.6. The van der Waals surface area contributed by atoms with Gasteiger partial charge in [-0.3, -0.25) is 10.3 Å². The van der Waals surface area contributed by atoms with Crippen LogP contribution in [0.3, 0.4) is 0 Å². The summed E-state index contributed by atoms with van der Waals surface area (Å²) in [4.78, 5) is 2.50. The molecule has 3 N–H and O–H groups in total. The lowest BCUT2D eigenvalue weighted by Gasteiger charge is -2.33. The van der Waals surface area contributed by atoms with E-state index in [1.54, 1.807) is 0 Å². The quantitative estimate of drug-likeness (QED) is 0.495. The van der Waals surface area contributed by atoms with Crippen LogP contribution in [-0.2, 0) is 0 Å². The highest BCUT2D eigenvalue weighted by molar-refractivity contribution is 5.77. The van der Waals surface area contributed by atoms with E-state index < -0.39 is 0 Å². The van der Waals surface area contributed by atoms with Crippen molar-refractivity contribution in [1.82, 2.24) is 4.90 Å². The lowest BCUT2D eigenvalue weighted by molar-refractivity contribution is 0.155. The molecule has 0 saturated carbocycles. The Kier molecular flexibility index (Phi) is 7.39. The molecule has 0 aromatic heterocycles. The summed E-state index contributed by atoms with van der Waals surface area (Å²) in [6, 6.07) is 0.433. The molecular formula is C13H29N3. The van der Waals surface area contributed by atoms with E-state index in [0.29, 0.717) is 30.1 Å². The maximum atomic E-state index is 7.44. The molecule has 0 aromatic carbocycles. The molecule has 1 unspecified atom stereocenters. The summed E-state index contributed by atoms with van der Waals surface area (Å²) in [5, 5.41) is 7.44. The van der Waals surface area contributed by atoms with Crippen molar-refractivity contribution in [3.8, 4) is 0 Å². The van der Waals surface area contributed by atoms with Crippen LogP contribution in [0.25, 0.3) is 0 Å². The molecule has 0 fully saturated rings. The van der Waals surface area contributed by atoms with Crippen molar-refractivity contribution in [2.75, 3.05) is 13.1 Å². The minimum atomic E-state index is 0.310. The highest BCUT2D eigenvalue weighted by Gasteiger charge is 2.19. The van der Waals surface area contributed by atoms with E-state index in [1.165, 1.54) is 0 Å². The molecule has 0 saturated heterocycles. The van der Waals surface area contributed by atoms with Crippen LogP contribution in [0.1, 0.15) is 47.5 Å². The minimum absolute atomic E-state index is 0.310. The summed E-state index contributed by atoms with van der Waals surface area (Å²) in [7, 11) is 0. The third-order valence-corrected chi connectivity index (χ3v) is 2.64. The van der Waals surface area contributed by atoms with Crippen molar-refractivity contribution in [2.24, 2.45) is 17.6 Å². The van der Waals surface area contributed by atoms with E-state index in [1.807, 2.05) is 0 Å². The Morgan fingerprint density at radius 1 is 1.12 bits per heavy atom. The fourth-order valence-corrected chi connectivity index (χ4v) is 2.10. The smallest absolute Gasteiger partial charge is 0.0921 e. The predicted octanol–water partition coefficient (Wildman–Crippen LogP) is 2.71. The lowest BCUT2D eigenvalue weighted by atomic mass is 10.0. The second kappa shape index (κ2) is 7.66. The lowest BCUT2D eigenvalue weighted by Crippen LogP contribution is -2.42. The van der Waals surface area contributed by atoms with Gasteiger partial charge in [0.15, 0.2) is 0 Å². The van der Waals surface area contributed by atoms with Gasteiger partial charge >= 0.3 is 0 Å². The predicted molar refractivity (Wildman–Crippen MR) is 71.9 cm³/mol. The van der Waals surface area contributed by atoms with Gasteiger partial charge in [-0.2, -0.15) is 0 Å². The minimum Gasteiger partial charge on any atom is -0.388 e. The van der Waals surface area contributed by atoms with Crippen LogP contribution in [0.2, 0.25) is 0 Å². The normalized spacial score (nSPS) is 13.8. The van der Waals surface area contributed by atoms with Gasteiger partial charge in [-0.05, 0) is 18.3 Å². The van der Waals surface area contributed by atoms with Gasteiger partial charge in [-0.25, -0.2) is 0 Å². The van der Waals surface area contributed by atoms with Gasteiger partial charge in [0.2, 0.25) is 0 Å². The standard InChI is InChI=1S/C13H29N3/c1-6-12(7-13(14)15)16(8-10(2)3)9-11(4)5/h10-12H,6-9H2,1-5H3,(H3,14,15). The van der Waals surface area contributed by atoms with E-state index in [2.05, 4.69) is 39.5 Å². The fraction of sp³-hybridized carbons (Fsp3) is 0.923. The van der Waals surface area contributed by atoms with Gasteiger partial charge in [0.05, 0.1) is 5.84 Å². The molecule has 3 heteroatoms. The monoisotopic (exact) mass is 227 g/mol. The molecule has 0 radical (unpaired) electrons. The molecular weight excluding hydrogens is 198 g/mol. The van der Waals surface area contributed by atoms with E-state index in [9.17, 15) is 0 Å². The van der Waals surface area contributed by atoms with Crippen LogP contribution in [0, 0.1) is 17.2 Å². The molecule has 0 aliphatic carbocycles. The highest BCUT2D eigenvalue weighted by Crippen LogP contribution is 2.13. The molecule has 0 heterocycles. The van der Waals surface area contributed by atoms with E-state index in [0.717, 1.165) is 19.5 Å². The summed E-state index contributed by atoms with van der Waals surface area (Å²) in [6.45, 7) is 13.4. The summed E-state index contributed by atoms with van der Waals surface area (Å²) in [5.41, 5.74) is 5.52. The van der Waals surface area contributed by atoms with Gasteiger partial charge in [0.25, 0.3) is 0 Å². The Morgan fingerprint density at radius 3 is 1.81 bits per heavy atom. The van der Waals surface area contributed by atoms with Gasteiger partial charge in [0, 0.05) is 25.6 Å².